The van der Waals surface area contributed by atoms with E-state index in [0.717, 1.165) is 46.6 Å². The summed E-state index contributed by atoms with van der Waals surface area (Å²) >= 11 is 1.00. The molecule has 3 N–H and O–H groups in total. The second-order valence-corrected chi connectivity index (χ2v) is 16.2. The quantitative estimate of drug-likeness (QED) is 0.193. The van der Waals surface area contributed by atoms with Gasteiger partial charge in [-0.25, -0.2) is 0 Å². The minimum Gasteiger partial charge on any atom is -0.340 e. The lowest BCUT2D eigenvalue weighted by Gasteiger charge is -2.36. The highest BCUT2D eigenvalue weighted by atomic mass is 32.1. The largest absolute Gasteiger partial charge is 0.399 e. The second kappa shape index (κ2) is 12.5. The molecular formula is C35H36F2N3O6PS. The monoisotopic (exact) mass is 695 g/mol. The van der Waals surface area contributed by atoms with Crippen LogP contribution in [0.3, 0.4) is 0 Å². The van der Waals surface area contributed by atoms with Crippen molar-refractivity contribution in [1.82, 2.24) is 15.1 Å². The van der Waals surface area contributed by atoms with E-state index >= 15 is 0 Å². The van der Waals surface area contributed by atoms with E-state index in [-0.39, 0.29) is 28.6 Å². The zero-order chi connectivity index (χ0) is 34.6. The van der Waals surface area contributed by atoms with E-state index < -0.39 is 48.1 Å². The number of nitrogens with one attached hydrogen (secondary N) is 1. The van der Waals surface area contributed by atoms with Crippen molar-refractivity contribution in [2.24, 2.45) is 5.41 Å². The van der Waals surface area contributed by atoms with Gasteiger partial charge in [0.25, 0.3) is 5.91 Å². The van der Waals surface area contributed by atoms with Crippen molar-refractivity contribution >= 4 is 46.7 Å². The van der Waals surface area contributed by atoms with Crippen LogP contribution in [0.4, 0.5) is 8.78 Å². The van der Waals surface area contributed by atoms with Gasteiger partial charge in [-0.1, -0.05) is 81.4 Å². The van der Waals surface area contributed by atoms with Crippen molar-refractivity contribution in [3.8, 4) is 0 Å². The molecule has 6 rings (SSSR count). The summed E-state index contributed by atoms with van der Waals surface area (Å²) in [6, 6.07) is 20.1. The van der Waals surface area contributed by atoms with Gasteiger partial charge in [0.1, 0.15) is 12.1 Å². The zero-order valence-corrected chi connectivity index (χ0v) is 28.3. The number of likely N-dealkylation sites (tertiary alicyclic amines) is 1. The van der Waals surface area contributed by atoms with E-state index in [9.17, 15) is 27.7 Å². The molecule has 9 nitrogen and oxygen atoms in total. The van der Waals surface area contributed by atoms with Gasteiger partial charge in [-0.15, -0.1) is 11.3 Å². The number of alkyl halides is 2. The van der Waals surface area contributed by atoms with Crippen molar-refractivity contribution in [3.63, 3.8) is 0 Å². The maximum absolute atomic E-state index is 14.5. The van der Waals surface area contributed by atoms with E-state index in [2.05, 4.69) is 17.4 Å². The molecule has 1 unspecified atom stereocenters. The minimum atomic E-state index is -5.78. The lowest BCUT2D eigenvalue weighted by Crippen LogP contribution is -2.55. The lowest BCUT2D eigenvalue weighted by molar-refractivity contribution is -0.147. The van der Waals surface area contributed by atoms with Crippen molar-refractivity contribution in [1.29, 1.82) is 0 Å². The number of amides is 3. The lowest BCUT2D eigenvalue weighted by atomic mass is 9.85. The first-order valence-corrected chi connectivity index (χ1v) is 18.0. The fraction of sp³-hybridized carbons (Fsp3) is 0.343. The highest BCUT2D eigenvalue weighted by molar-refractivity contribution is 7.52. The van der Waals surface area contributed by atoms with Crippen molar-refractivity contribution in [2.75, 3.05) is 13.1 Å². The summed E-state index contributed by atoms with van der Waals surface area (Å²) in [7, 11) is -5.78. The third-order valence-electron chi connectivity index (χ3n) is 9.13. The molecule has 48 heavy (non-hydrogen) atoms. The average molecular weight is 696 g/mol. The SMILES string of the molecule is CC(C)(C)C(NC(=O)c1cc2cc(C(F)(F)P(=O)(O)O)ccc2s1)C(=O)N1Cc2ccccc2[C@H]1C(=O)N1CC[C@@H](c2ccccc2)C1. The molecule has 3 atom stereocenters. The molecule has 0 spiro atoms. The summed E-state index contributed by atoms with van der Waals surface area (Å²) < 4.78 is 40.6. The van der Waals surface area contributed by atoms with Crippen LogP contribution in [0.2, 0.25) is 0 Å². The number of benzene rings is 3. The summed E-state index contributed by atoms with van der Waals surface area (Å²) in [6.45, 7) is 6.72. The Hall–Kier alpha value is -3.96. The first-order valence-electron chi connectivity index (χ1n) is 15.6. The van der Waals surface area contributed by atoms with Crippen molar-refractivity contribution in [3.05, 3.63) is 106 Å². The molecule has 0 saturated carbocycles. The molecule has 1 fully saturated rings. The summed E-state index contributed by atoms with van der Waals surface area (Å²) in [4.78, 5) is 64.1. The van der Waals surface area contributed by atoms with Gasteiger partial charge in [0.2, 0.25) is 11.8 Å². The van der Waals surface area contributed by atoms with Gasteiger partial charge >= 0.3 is 13.3 Å². The van der Waals surface area contributed by atoms with Crippen LogP contribution in [0.1, 0.15) is 71.1 Å². The maximum atomic E-state index is 14.5. The molecule has 0 radical (unpaired) electrons. The van der Waals surface area contributed by atoms with Crippen LogP contribution in [0, 0.1) is 5.41 Å². The topological polar surface area (TPSA) is 127 Å². The molecule has 1 aromatic heterocycles. The average Bonchev–Trinajstić information content (AvgIpc) is 3.79. The minimum absolute atomic E-state index is 0.130. The van der Waals surface area contributed by atoms with Gasteiger partial charge in [-0.05, 0) is 52.1 Å². The van der Waals surface area contributed by atoms with Crippen molar-refractivity contribution in [2.45, 2.75) is 57.4 Å². The van der Waals surface area contributed by atoms with E-state index in [0.29, 0.717) is 17.8 Å². The predicted molar refractivity (Wildman–Crippen MR) is 179 cm³/mol. The Morgan fingerprint density at radius 2 is 1.67 bits per heavy atom. The van der Waals surface area contributed by atoms with Crippen LogP contribution < -0.4 is 5.32 Å². The zero-order valence-electron chi connectivity index (χ0n) is 26.6. The first kappa shape index (κ1) is 33.9. The Morgan fingerprint density at radius 1 is 0.979 bits per heavy atom. The Bertz CT molecular complexity index is 1940. The fourth-order valence-electron chi connectivity index (χ4n) is 6.52. The molecule has 3 aromatic carbocycles. The number of thiophene rings is 1. The first-order chi connectivity index (χ1) is 22.6. The van der Waals surface area contributed by atoms with E-state index in [1.807, 2.05) is 68.1 Å². The molecular weight excluding hydrogens is 659 g/mol. The smallest absolute Gasteiger partial charge is 0.340 e. The number of halogens is 2. The number of hydrogen-bond donors (Lipinski definition) is 3. The van der Waals surface area contributed by atoms with Crippen LogP contribution in [-0.4, -0.2) is 56.4 Å². The van der Waals surface area contributed by atoms with Crippen LogP contribution in [0.15, 0.2) is 78.9 Å². The number of carbonyl (C=O) groups excluding carboxylic acids is 3. The van der Waals surface area contributed by atoms with E-state index in [4.69, 9.17) is 9.79 Å². The van der Waals surface area contributed by atoms with Crippen LogP contribution in [0.25, 0.3) is 10.1 Å². The molecule has 0 aliphatic carbocycles. The highest BCUT2D eigenvalue weighted by Gasteiger charge is 2.50. The van der Waals surface area contributed by atoms with Crippen LogP contribution in [-0.2, 0) is 26.4 Å². The molecule has 13 heteroatoms. The van der Waals surface area contributed by atoms with Gasteiger partial charge in [-0.3, -0.25) is 18.9 Å². The highest BCUT2D eigenvalue weighted by Crippen LogP contribution is 2.59. The predicted octanol–water partition coefficient (Wildman–Crippen LogP) is 6.37. The molecule has 1 saturated heterocycles. The van der Waals surface area contributed by atoms with Gasteiger partial charge < -0.3 is 24.9 Å². The van der Waals surface area contributed by atoms with Crippen molar-refractivity contribution < 1.29 is 37.5 Å². The molecule has 2 aliphatic heterocycles. The third-order valence-corrected chi connectivity index (χ3v) is 11.2. The third kappa shape index (κ3) is 6.30. The van der Waals surface area contributed by atoms with Gasteiger partial charge in [-0.2, -0.15) is 8.78 Å². The molecule has 3 amide bonds. The second-order valence-electron chi connectivity index (χ2n) is 13.5. The molecule has 3 heterocycles. The fourth-order valence-corrected chi connectivity index (χ4v) is 7.94. The van der Waals surface area contributed by atoms with E-state index in [1.165, 1.54) is 12.1 Å². The normalized spacial score (nSPS) is 19.0. The molecule has 4 aromatic rings. The van der Waals surface area contributed by atoms with Gasteiger partial charge in [0.15, 0.2) is 0 Å². The van der Waals surface area contributed by atoms with Crippen LogP contribution >= 0.6 is 18.9 Å². The number of carbonyl (C=O) groups is 3. The van der Waals surface area contributed by atoms with Gasteiger partial charge in [0, 0.05) is 35.8 Å². The summed E-state index contributed by atoms with van der Waals surface area (Å²) in [5.74, 6) is -1.01. The molecule has 0 bridgehead atoms. The molecule has 2 aliphatic rings. The Kier molecular flexibility index (Phi) is 8.83. The Labute approximate surface area is 280 Å². The van der Waals surface area contributed by atoms with E-state index in [1.54, 1.807) is 4.90 Å². The van der Waals surface area contributed by atoms with Gasteiger partial charge in [0.05, 0.1) is 4.88 Å². The summed E-state index contributed by atoms with van der Waals surface area (Å²) in [6.07, 6.45) is 0.812. The number of nitrogens with zero attached hydrogens (tertiary/aromatic N) is 2. The Morgan fingerprint density at radius 3 is 2.35 bits per heavy atom. The standard InChI is InChI=1S/C35H36F2N3O6PS/c1-34(2,3)30(38-31(41)28-18-24-17-25(13-14-27(24)48-28)35(36,37)47(44,45)46)33(43)40-20-23-11-7-8-12-26(23)29(40)32(42)39-16-15-22(19-39)21-9-5-4-6-10-21/h4-14,17-18,22,29-30H,15-16,19-20H2,1-3H3,(H,38,41)(H2,44,45,46)/t22-,29+,30?/m1/s1. The maximum Gasteiger partial charge on any atom is 0.399 e. The number of fused-ring (bicyclic) bond motifs is 2. The summed E-state index contributed by atoms with van der Waals surface area (Å²) in [5, 5.41) is 3.05. The Balaban J connectivity index is 1.26. The number of hydrogen-bond acceptors (Lipinski definition) is 5. The number of rotatable bonds is 7. The van der Waals surface area contributed by atoms with Crippen LogP contribution in [0.5, 0.6) is 0 Å². The summed E-state index contributed by atoms with van der Waals surface area (Å²) in [5.41, 5.74) is -3.27. The molecule has 252 valence electrons.